The van der Waals surface area contributed by atoms with E-state index in [-0.39, 0.29) is 11.9 Å². The van der Waals surface area contributed by atoms with Crippen molar-refractivity contribution in [1.29, 1.82) is 0 Å². The van der Waals surface area contributed by atoms with E-state index in [0.717, 1.165) is 44.5 Å². The van der Waals surface area contributed by atoms with Crippen LogP contribution in [0.1, 0.15) is 66.1 Å². The first-order chi connectivity index (χ1) is 19.2. The summed E-state index contributed by atoms with van der Waals surface area (Å²) in [7, 11) is 0. The number of carbonyl (C=O) groups is 1. The number of hydrogen-bond acceptors (Lipinski definition) is 3. The van der Waals surface area contributed by atoms with Gasteiger partial charge in [0, 0.05) is 42.7 Å². The number of rotatable bonds is 11. The highest BCUT2D eigenvalue weighted by Gasteiger charge is 2.29. The minimum Gasteiger partial charge on any atom is -0.331 e. The normalized spacial score (nSPS) is 14.4. The van der Waals surface area contributed by atoms with Gasteiger partial charge in [-0.2, -0.15) is 0 Å². The summed E-state index contributed by atoms with van der Waals surface area (Å²) in [6.07, 6.45) is 6.77. The molecule has 1 aromatic heterocycles. The summed E-state index contributed by atoms with van der Waals surface area (Å²) in [5, 5.41) is 2.11. The van der Waals surface area contributed by atoms with Gasteiger partial charge in [-0.15, -0.1) is 11.3 Å². The topological polar surface area (TPSA) is 23.6 Å². The Morgan fingerprint density at radius 2 is 1.54 bits per heavy atom. The highest BCUT2D eigenvalue weighted by Crippen LogP contribution is 2.27. The predicted molar refractivity (Wildman–Crippen MR) is 164 cm³/mol. The Balaban J connectivity index is 1.29. The van der Waals surface area contributed by atoms with E-state index in [1.54, 1.807) is 11.3 Å². The van der Waals surface area contributed by atoms with E-state index in [1.807, 2.05) is 12.1 Å². The molecule has 0 unspecified atom stereocenters. The summed E-state index contributed by atoms with van der Waals surface area (Å²) < 4.78 is 0. The van der Waals surface area contributed by atoms with Crippen LogP contribution >= 0.6 is 11.3 Å². The molecule has 0 N–H and O–H groups in total. The standard InChI is InChI=1S/C35H40N2OS/c1-2-3-5-9-28-13-19-32(20-14-28)35(38)37(27-30-15-17-31(18-16-30)34-12-8-25-39-34)33-21-23-36(24-22-33)26-29-10-6-4-7-11-29/h4,6-8,10-20,25,33H,2-3,5,9,21-24,26-27H2,1H3. The van der Waals surface area contributed by atoms with Crippen LogP contribution in [0.3, 0.4) is 0 Å². The average Bonchev–Trinajstić information content (AvgIpc) is 3.53. The summed E-state index contributed by atoms with van der Waals surface area (Å²) >= 11 is 1.76. The molecule has 1 fully saturated rings. The van der Waals surface area contributed by atoms with Crippen LogP contribution < -0.4 is 0 Å². The summed E-state index contributed by atoms with van der Waals surface area (Å²) in [5.74, 6) is 0.152. The lowest BCUT2D eigenvalue weighted by Gasteiger charge is -2.39. The number of hydrogen-bond donors (Lipinski definition) is 0. The zero-order valence-corrected chi connectivity index (χ0v) is 23.9. The highest BCUT2D eigenvalue weighted by atomic mass is 32.1. The quantitative estimate of drug-likeness (QED) is 0.180. The molecular weight excluding hydrogens is 496 g/mol. The highest BCUT2D eigenvalue weighted by molar-refractivity contribution is 7.13. The van der Waals surface area contributed by atoms with E-state index >= 15 is 0 Å². The fourth-order valence-electron chi connectivity index (χ4n) is 5.57. The van der Waals surface area contributed by atoms with Gasteiger partial charge < -0.3 is 4.90 Å². The Kier molecular flexibility index (Phi) is 9.63. The molecule has 1 aliphatic heterocycles. The van der Waals surface area contributed by atoms with Crippen LogP contribution in [0, 0.1) is 0 Å². The third-order valence-corrected chi connectivity index (χ3v) is 8.81. The Morgan fingerprint density at radius 1 is 0.821 bits per heavy atom. The van der Waals surface area contributed by atoms with Crippen molar-refractivity contribution in [2.75, 3.05) is 13.1 Å². The summed E-state index contributed by atoms with van der Waals surface area (Å²) in [5.41, 5.74) is 5.90. The SMILES string of the molecule is CCCCCc1ccc(C(=O)N(Cc2ccc(-c3cccs3)cc2)C2CCN(Cc3ccccc3)CC2)cc1. The molecule has 1 saturated heterocycles. The lowest BCUT2D eigenvalue weighted by Crippen LogP contribution is -2.46. The van der Waals surface area contributed by atoms with Crippen LogP contribution in [0.2, 0.25) is 0 Å². The molecule has 4 heteroatoms. The lowest BCUT2D eigenvalue weighted by molar-refractivity contribution is 0.0543. The third kappa shape index (κ3) is 7.46. The number of nitrogens with zero attached hydrogens (tertiary/aromatic N) is 2. The molecule has 5 rings (SSSR count). The molecule has 1 amide bonds. The Bertz CT molecular complexity index is 1280. The predicted octanol–water partition coefficient (Wildman–Crippen LogP) is 8.45. The van der Waals surface area contributed by atoms with Crippen molar-refractivity contribution in [1.82, 2.24) is 9.80 Å². The second-order valence-corrected chi connectivity index (χ2v) is 11.7. The summed E-state index contributed by atoms with van der Waals surface area (Å²) in [4.78, 5) is 19.9. The summed E-state index contributed by atoms with van der Waals surface area (Å²) in [6.45, 7) is 5.88. The van der Waals surface area contributed by atoms with E-state index in [2.05, 4.69) is 101 Å². The van der Waals surface area contributed by atoms with Crippen LogP contribution in [0.15, 0.2) is 96.4 Å². The molecule has 3 aromatic carbocycles. The van der Waals surface area contributed by atoms with E-state index < -0.39 is 0 Å². The van der Waals surface area contributed by atoms with Crippen LogP contribution in [0.4, 0.5) is 0 Å². The minimum atomic E-state index is 0.152. The van der Waals surface area contributed by atoms with Crippen LogP contribution in [0.5, 0.6) is 0 Å². The molecule has 2 heterocycles. The minimum absolute atomic E-state index is 0.152. The number of thiophene rings is 1. The zero-order chi connectivity index (χ0) is 26.9. The fraction of sp³-hybridized carbons (Fsp3) is 0.343. The van der Waals surface area contributed by atoms with Crippen molar-refractivity contribution < 1.29 is 4.79 Å². The van der Waals surface area contributed by atoms with Crippen molar-refractivity contribution in [2.24, 2.45) is 0 Å². The lowest BCUT2D eigenvalue weighted by atomic mass is 9.99. The maximum absolute atomic E-state index is 14.0. The van der Waals surface area contributed by atoms with Gasteiger partial charge in [-0.1, -0.05) is 92.6 Å². The molecule has 202 valence electrons. The molecule has 3 nitrogen and oxygen atoms in total. The number of benzene rings is 3. The number of aryl methyl sites for hydroxylation is 1. The summed E-state index contributed by atoms with van der Waals surface area (Å²) in [6, 6.07) is 32.3. The van der Waals surface area contributed by atoms with E-state index in [9.17, 15) is 4.79 Å². The van der Waals surface area contributed by atoms with Crippen molar-refractivity contribution in [3.8, 4) is 10.4 Å². The Labute approximate surface area is 238 Å². The average molecular weight is 537 g/mol. The molecule has 0 radical (unpaired) electrons. The smallest absolute Gasteiger partial charge is 0.254 e. The number of piperidine rings is 1. The van der Waals surface area contributed by atoms with Gasteiger partial charge in [0.05, 0.1) is 0 Å². The van der Waals surface area contributed by atoms with Gasteiger partial charge in [0.1, 0.15) is 0 Å². The van der Waals surface area contributed by atoms with E-state index in [0.29, 0.717) is 6.54 Å². The molecule has 0 saturated carbocycles. The first kappa shape index (κ1) is 27.4. The van der Waals surface area contributed by atoms with Gasteiger partial charge in [-0.3, -0.25) is 9.69 Å². The maximum atomic E-state index is 14.0. The van der Waals surface area contributed by atoms with Crippen LogP contribution in [-0.2, 0) is 19.5 Å². The van der Waals surface area contributed by atoms with Crippen molar-refractivity contribution in [3.63, 3.8) is 0 Å². The number of carbonyl (C=O) groups excluding carboxylic acids is 1. The van der Waals surface area contributed by atoms with Gasteiger partial charge in [-0.05, 0) is 71.5 Å². The molecule has 0 aliphatic carbocycles. The molecule has 0 spiro atoms. The monoisotopic (exact) mass is 536 g/mol. The van der Waals surface area contributed by atoms with Crippen LogP contribution in [0.25, 0.3) is 10.4 Å². The van der Waals surface area contributed by atoms with Gasteiger partial charge in [0.15, 0.2) is 0 Å². The number of unbranched alkanes of at least 4 members (excludes halogenated alkanes) is 2. The van der Waals surface area contributed by atoms with Crippen LogP contribution in [-0.4, -0.2) is 34.8 Å². The largest absolute Gasteiger partial charge is 0.331 e. The van der Waals surface area contributed by atoms with Gasteiger partial charge >= 0.3 is 0 Å². The molecule has 1 aliphatic rings. The molecule has 39 heavy (non-hydrogen) atoms. The van der Waals surface area contributed by atoms with E-state index in [1.165, 1.54) is 46.4 Å². The molecular formula is C35H40N2OS. The van der Waals surface area contributed by atoms with Gasteiger partial charge in [-0.25, -0.2) is 0 Å². The van der Waals surface area contributed by atoms with Crippen molar-refractivity contribution in [3.05, 3.63) is 119 Å². The zero-order valence-electron chi connectivity index (χ0n) is 23.1. The molecule has 0 atom stereocenters. The van der Waals surface area contributed by atoms with Gasteiger partial charge in [0.25, 0.3) is 5.91 Å². The fourth-order valence-corrected chi connectivity index (χ4v) is 6.30. The Morgan fingerprint density at radius 3 is 2.21 bits per heavy atom. The number of amides is 1. The first-order valence-corrected chi connectivity index (χ1v) is 15.4. The maximum Gasteiger partial charge on any atom is 0.254 e. The van der Waals surface area contributed by atoms with Gasteiger partial charge in [0.2, 0.25) is 0 Å². The van der Waals surface area contributed by atoms with Crippen molar-refractivity contribution >= 4 is 17.2 Å². The molecule has 0 bridgehead atoms. The molecule has 4 aromatic rings. The van der Waals surface area contributed by atoms with Crippen molar-refractivity contribution in [2.45, 2.75) is 64.6 Å². The third-order valence-electron chi connectivity index (χ3n) is 7.89. The van der Waals surface area contributed by atoms with E-state index in [4.69, 9.17) is 0 Å². The second-order valence-electron chi connectivity index (χ2n) is 10.8. The first-order valence-electron chi connectivity index (χ1n) is 14.5. The second kappa shape index (κ2) is 13.7. The number of likely N-dealkylation sites (tertiary alicyclic amines) is 1. The Hall–Kier alpha value is -3.21.